The number of hydrogen-bond donors (Lipinski definition) is 1. The van der Waals surface area contributed by atoms with Crippen LogP contribution in [0.3, 0.4) is 0 Å². The second-order valence-corrected chi connectivity index (χ2v) is 13.1. The predicted octanol–water partition coefficient (Wildman–Crippen LogP) is 5.04. The summed E-state index contributed by atoms with van der Waals surface area (Å²) in [6.45, 7) is 13.1. The third kappa shape index (κ3) is 4.97. The van der Waals surface area contributed by atoms with Gasteiger partial charge >= 0.3 is 6.09 Å². The number of aromatic nitrogens is 4. The molecular formula is C30H40N6O3. The lowest BCUT2D eigenvalue weighted by molar-refractivity contribution is 0.0170. The van der Waals surface area contributed by atoms with Crippen LogP contribution in [0.4, 0.5) is 10.6 Å². The second-order valence-electron chi connectivity index (χ2n) is 13.1. The average Bonchev–Trinajstić information content (AvgIpc) is 3.56. The number of likely N-dealkylation sites (tertiary alicyclic amines) is 1. The Balaban J connectivity index is 1.27. The highest BCUT2D eigenvalue weighted by Crippen LogP contribution is 2.40. The van der Waals surface area contributed by atoms with Crippen molar-refractivity contribution in [3.8, 4) is 5.82 Å². The van der Waals surface area contributed by atoms with E-state index in [1.807, 2.05) is 56.5 Å². The average molecular weight is 533 g/mol. The smallest absolute Gasteiger partial charge is 0.410 e. The van der Waals surface area contributed by atoms with Crippen LogP contribution in [0.5, 0.6) is 0 Å². The molecule has 1 N–H and O–H groups in total. The molecule has 0 radical (unpaired) electrons. The van der Waals surface area contributed by atoms with Crippen LogP contribution < -0.4 is 4.90 Å². The van der Waals surface area contributed by atoms with E-state index in [2.05, 4.69) is 24.0 Å². The Labute approximate surface area is 230 Å². The van der Waals surface area contributed by atoms with E-state index in [1.165, 1.54) is 11.1 Å². The van der Waals surface area contributed by atoms with E-state index >= 15 is 0 Å². The van der Waals surface area contributed by atoms with Crippen LogP contribution in [-0.2, 0) is 4.74 Å². The molecule has 3 aliphatic rings. The van der Waals surface area contributed by atoms with E-state index in [9.17, 15) is 9.90 Å². The number of hydrogen-bond acceptors (Lipinski definition) is 7. The summed E-state index contributed by atoms with van der Waals surface area (Å²) in [4.78, 5) is 26.5. The van der Waals surface area contributed by atoms with Crippen molar-refractivity contribution < 1.29 is 14.6 Å². The van der Waals surface area contributed by atoms with E-state index in [-0.39, 0.29) is 18.2 Å². The van der Waals surface area contributed by atoms with Crippen LogP contribution in [-0.4, -0.2) is 72.2 Å². The molecule has 1 amide bonds. The Morgan fingerprint density at radius 1 is 1.05 bits per heavy atom. The first kappa shape index (κ1) is 26.0. The van der Waals surface area contributed by atoms with Crippen molar-refractivity contribution in [3.63, 3.8) is 0 Å². The lowest BCUT2D eigenvalue weighted by Crippen LogP contribution is -2.50. The van der Waals surface area contributed by atoms with Crippen LogP contribution in [0, 0.1) is 13.8 Å². The molecule has 2 aromatic heterocycles. The number of carbonyl (C=O) groups is 1. The maximum Gasteiger partial charge on any atom is 0.410 e. The van der Waals surface area contributed by atoms with Gasteiger partial charge in [0, 0.05) is 24.5 Å². The van der Waals surface area contributed by atoms with Gasteiger partial charge in [-0.1, -0.05) is 0 Å². The van der Waals surface area contributed by atoms with Crippen LogP contribution in [0.15, 0.2) is 24.4 Å². The highest BCUT2D eigenvalue weighted by Gasteiger charge is 2.47. The number of rotatable bonds is 3. The number of nitrogens with zero attached hydrogens (tertiary/aromatic N) is 6. The van der Waals surface area contributed by atoms with Gasteiger partial charge in [0.1, 0.15) is 17.2 Å². The molecule has 2 saturated heterocycles. The van der Waals surface area contributed by atoms with E-state index in [0.29, 0.717) is 18.3 Å². The van der Waals surface area contributed by atoms with Gasteiger partial charge in [0.05, 0.1) is 29.4 Å². The van der Waals surface area contributed by atoms with Crippen molar-refractivity contribution >= 4 is 22.8 Å². The number of aliphatic hydroxyl groups is 1. The Bertz CT molecular complexity index is 1410. The maximum absolute atomic E-state index is 12.7. The lowest BCUT2D eigenvalue weighted by atomic mass is 9.76. The van der Waals surface area contributed by atoms with Gasteiger partial charge in [-0.3, -0.25) is 0 Å². The molecule has 6 rings (SSSR count). The Kier molecular flexibility index (Phi) is 6.13. The molecule has 3 aromatic rings. The topological polar surface area (TPSA) is 96.6 Å². The molecule has 39 heavy (non-hydrogen) atoms. The minimum atomic E-state index is -0.551. The van der Waals surface area contributed by atoms with Crippen LogP contribution in [0.2, 0.25) is 0 Å². The third-order valence-electron chi connectivity index (χ3n) is 8.65. The molecule has 2 unspecified atom stereocenters. The summed E-state index contributed by atoms with van der Waals surface area (Å²) >= 11 is 0. The summed E-state index contributed by atoms with van der Waals surface area (Å²) in [5.74, 6) is 2.76. The molecule has 1 aliphatic carbocycles. The Hall–Kier alpha value is -3.20. The molecule has 208 valence electrons. The van der Waals surface area contributed by atoms with Crippen LogP contribution in [0.1, 0.15) is 82.7 Å². The largest absolute Gasteiger partial charge is 0.444 e. The fourth-order valence-corrected chi connectivity index (χ4v) is 6.66. The number of ether oxygens (including phenoxy) is 1. The second kappa shape index (κ2) is 9.18. The number of amides is 1. The number of piperazine rings is 1. The van der Waals surface area contributed by atoms with Gasteiger partial charge in [-0.2, -0.15) is 5.10 Å². The minimum Gasteiger partial charge on any atom is -0.444 e. The van der Waals surface area contributed by atoms with Gasteiger partial charge in [-0.05, 0) is 103 Å². The van der Waals surface area contributed by atoms with E-state index in [1.54, 1.807) is 0 Å². The lowest BCUT2D eigenvalue weighted by Gasteiger charge is -2.35. The van der Waals surface area contributed by atoms with Crippen molar-refractivity contribution in [2.45, 2.75) is 103 Å². The van der Waals surface area contributed by atoms with Crippen LogP contribution in [0.25, 0.3) is 16.7 Å². The summed E-state index contributed by atoms with van der Waals surface area (Å²) in [7, 11) is 0. The highest BCUT2D eigenvalue weighted by molar-refractivity contribution is 5.82. The van der Waals surface area contributed by atoms with Crippen molar-refractivity contribution in [2.24, 2.45) is 0 Å². The van der Waals surface area contributed by atoms with Gasteiger partial charge in [-0.25, -0.2) is 19.4 Å². The molecule has 3 fully saturated rings. The first-order valence-electron chi connectivity index (χ1n) is 14.2. The maximum atomic E-state index is 12.7. The molecule has 1 aromatic carbocycles. The van der Waals surface area contributed by atoms with Crippen molar-refractivity contribution in [3.05, 3.63) is 41.3 Å². The number of aryl methyl sites for hydroxylation is 2. The molecule has 9 nitrogen and oxygen atoms in total. The Morgan fingerprint density at radius 2 is 1.77 bits per heavy atom. The zero-order valence-corrected chi connectivity index (χ0v) is 23.9. The van der Waals surface area contributed by atoms with E-state index in [4.69, 9.17) is 19.8 Å². The first-order chi connectivity index (χ1) is 18.4. The summed E-state index contributed by atoms with van der Waals surface area (Å²) in [5, 5.41) is 16.3. The molecule has 1 saturated carbocycles. The quantitative estimate of drug-likeness (QED) is 0.505. The number of carbonyl (C=O) groups excluding carboxylic acids is 1. The molecular weight excluding hydrogens is 492 g/mol. The summed E-state index contributed by atoms with van der Waals surface area (Å²) in [6.07, 6.45) is 6.22. The number of anilines is 1. The minimum absolute atomic E-state index is 0.121. The first-order valence-corrected chi connectivity index (χ1v) is 14.2. The molecule has 2 bridgehead atoms. The highest BCUT2D eigenvalue weighted by atomic mass is 16.6. The standard InChI is InChI=1S/C30H40N6O3/c1-18-11-21-15-31-36(25(21)13-24(18)20-7-9-30(6,38)10-8-20)27-14-26(32-19(2)33-27)34-16-23-12-22(34)17-35(23)28(37)39-29(3,4)5/h11,13-15,20,22-23,38H,7-10,12,16-17H2,1-6H3/t20-,22?,23?,30-. The summed E-state index contributed by atoms with van der Waals surface area (Å²) < 4.78 is 7.56. The SMILES string of the molecule is Cc1nc(N2CC3CC2CN3C(=O)OC(C)(C)C)cc(-n2ncc3cc(C)c([C@H]4CC[C@](C)(O)CC4)cc32)n1. The van der Waals surface area contributed by atoms with Gasteiger partial charge in [-0.15, -0.1) is 0 Å². The molecule has 2 atom stereocenters. The number of benzene rings is 1. The fourth-order valence-electron chi connectivity index (χ4n) is 6.66. The molecule has 0 spiro atoms. The fraction of sp³-hybridized carbons (Fsp3) is 0.600. The number of fused-ring (bicyclic) bond motifs is 3. The monoisotopic (exact) mass is 532 g/mol. The van der Waals surface area contributed by atoms with Gasteiger partial charge in [0.25, 0.3) is 0 Å². The van der Waals surface area contributed by atoms with E-state index < -0.39 is 11.2 Å². The van der Waals surface area contributed by atoms with E-state index in [0.717, 1.165) is 61.2 Å². The van der Waals surface area contributed by atoms with Crippen molar-refractivity contribution in [2.75, 3.05) is 18.0 Å². The Morgan fingerprint density at radius 3 is 2.44 bits per heavy atom. The van der Waals surface area contributed by atoms with Crippen LogP contribution >= 0.6 is 0 Å². The zero-order valence-electron chi connectivity index (χ0n) is 23.9. The van der Waals surface area contributed by atoms with Crippen molar-refractivity contribution in [1.82, 2.24) is 24.6 Å². The summed E-state index contributed by atoms with van der Waals surface area (Å²) in [5.41, 5.74) is 2.60. The molecule has 2 aliphatic heterocycles. The molecule has 4 heterocycles. The predicted molar refractivity (Wildman–Crippen MR) is 150 cm³/mol. The summed E-state index contributed by atoms with van der Waals surface area (Å²) in [6, 6.07) is 6.85. The van der Waals surface area contributed by atoms with Gasteiger partial charge in [0.15, 0.2) is 5.82 Å². The van der Waals surface area contributed by atoms with Gasteiger partial charge in [0.2, 0.25) is 0 Å². The third-order valence-corrected chi connectivity index (χ3v) is 8.65. The zero-order chi connectivity index (χ0) is 27.7. The van der Waals surface area contributed by atoms with Crippen molar-refractivity contribution in [1.29, 1.82) is 0 Å². The van der Waals surface area contributed by atoms with Gasteiger partial charge < -0.3 is 19.6 Å². The molecule has 9 heteroatoms. The normalized spacial score (nSPS) is 27.0.